The molecule has 0 amide bonds. The van der Waals surface area contributed by atoms with Crippen LogP contribution < -0.4 is 10.9 Å². The minimum absolute atomic E-state index is 0. The van der Waals surface area contributed by atoms with Crippen LogP contribution in [0.5, 0.6) is 0 Å². The van der Waals surface area contributed by atoms with Crippen LogP contribution in [0.2, 0.25) is 0 Å². The molecule has 4 bridgehead atoms. The summed E-state index contributed by atoms with van der Waals surface area (Å²) in [7, 11) is 0. The number of hydrogen-bond acceptors (Lipinski definition) is 2. The van der Waals surface area contributed by atoms with E-state index in [1.165, 1.54) is 38.5 Å². The van der Waals surface area contributed by atoms with Gasteiger partial charge in [-0.05, 0) is 70.1 Å². The monoisotopic (exact) mass is 244 g/mol. The van der Waals surface area contributed by atoms with Gasteiger partial charge in [-0.1, -0.05) is 0 Å². The van der Waals surface area contributed by atoms with E-state index in [0.29, 0.717) is 11.6 Å². The van der Waals surface area contributed by atoms with Crippen LogP contribution in [0, 0.1) is 17.8 Å². The Hall–Kier alpha value is 0.210. The SMILES string of the molecule is CC(C)NNC12CC3CC(CC(C3)C1)C2.Cl. The predicted octanol–water partition coefficient (Wildman–Crippen LogP) is 2.88. The summed E-state index contributed by atoms with van der Waals surface area (Å²) in [5, 5.41) is 0. The zero-order valence-electron chi connectivity index (χ0n) is 10.5. The summed E-state index contributed by atoms with van der Waals surface area (Å²) >= 11 is 0. The number of rotatable bonds is 3. The highest BCUT2D eigenvalue weighted by molar-refractivity contribution is 5.85. The molecule has 4 rings (SSSR count). The zero-order valence-corrected chi connectivity index (χ0v) is 11.3. The van der Waals surface area contributed by atoms with E-state index in [-0.39, 0.29) is 12.4 Å². The molecule has 0 atom stereocenters. The molecule has 0 aromatic rings. The first-order chi connectivity index (χ1) is 7.15. The quantitative estimate of drug-likeness (QED) is 0.746. The summed E-state index contributed by atoms with van der Waals surface area (Å²) in [6.45, 7) is 4.43. The van der Waals surface area contributed by atoms with Crippen molar-refractivity contribution in [1.82, 2.24) is 10.9 Å². The Balaban J connectivity index is 0.000000963. The van der Waals surface area contributed by atoms with Crippen LogP contribution in [0.15, 0.2) is 0 Å². The van der Waals surface area contributed by atoms with Crippen LogP contribution in [-0.4, -0.2) is 11.6 Å². The normalized spacial score (nSPS) is 44.8. The molecule has 94 valence electrons. The Morgan fingerprint density at radius 1 is 0.938 bits per heavy atom. The molecule has 4 aliphatic rings. The molecule has 0 aromatic heterocycles. The first-order valence-corrected chi connectivity index (χ1v) is 6.68. The van der Waals surface area contributed by atoms with Gasteiger partial charge in [-0.2, -0.15) is 0 Å². The number of hydrogen-bond donors (Lipinski definition) is 2. The summed E-state index contributed by atoms with van der Waals surface area (Å²) in [4.78, 5) is 0. The lowest BCUT2D eigenvalue weighted by molar-refractivity contribution is -0.0282. The van der Waals surface area contributed by atoms with Crippen molar-refractivity contribution in [3.63, 3.8) is 0 Å². The molecule has 2 N–H and O–H groups in total. The van der Waals surface area contributed by atoms with Crippen molar-refractivity contribution in [2.45, 2.75) is 64.0 Å². The van der Waals surface area contributed by atoms with Gasteiger partial charge in [-0.3, -0.25) is 10.9 Å². The molecule has 0 aromatic carbocycles. The van der Waals surface area contributed by atoms with Crippen molar-refractivity contribution in [1.29, 1.82) is 0 Å². The third-order valence-corrected chi connectivity index (χ3v) is 4.66. The molecule has 2 nitrogen and oxygen atoms in total. The molecule has 0 heterocycles. The highest BCUT2D eigenvalue weighted by atomic mass is 35.5. The van der Waals surface area contributed by atoms with Crippen LogP contribution in [0.1, 0.15) is 52.4 Å². The lowest BCUT2D eigenvalue weighted by atomic mass is 9.53. The van der Waals surface area contributed by atoms with Gasteiger partial charge >= 0.3 is 0 Å². The Kier molecular flexibility index (Phi) is 3.54. The smallest absolute Gasteiger partial charge is 0.0331 e. The lowest BCUT2D eigenvalue weighted by Crippen LogP contribution is -2.62. The number of halogens is 1. The minimum Gasteiger partial charge on any atom is -0.255 e. The summed E-state index contributed by atoms with van der Waals surface area (Å²) in [6, 6.07) is 0.554. The van der Waals surface area contributed by atoms with Gasteiger partial charge in [0.15, 0.2) is 0 Å². The second-order valence-electron chi connectivity index (χ2n) is 6.62. The topological polar surface area (TPSA) is 24.1 Å². The van der Waals surface area contributed by atoms with E-state index in [1.807, 2.05) is 0 Å². The molecule has 0 spiro atoms. The highest BCUT2D eigenvalue weighted by Crippen LogP contribution is 2.55. The standard InChI is InChI=1S/C13H24N2.ClH/c1-9(2)14-15-13-6-10-3-11(7-13)5-12(4-10)8-13;/h9-12,14-15H,3-8H2,1-2H3;1H. The molecule has 3 heteroatoms. The molecule has 0 unspecified atom stereocenters. The highest BCUT2D eigenvalue weighted by Gasteiger charge is 2.50. The van der Waals surface area contributed by atoms with Crippen LogP contribution in [0.3, 0.4) is 0 Å². The fraction of sp³-hybridized carbons (Fsp3) is 1.00. The van der Waals surface area contributed by atoms with E-state index in [4.69, 9.17) is 0 Å². The van der Waals surface area contributed by atoms with Gasteiger partial charge in [0.2, 0.25) is 0 Å². The summed E-state index contributed by atoms with van der Waals surface area (Å²) < 4.78 is 0. The summed E-state index contributed by atoms with van der Waals surface area (Å²) in [5.41, 5.74) is 7.60. The first kappa shape index (κ1) is 12.7. The summed E-state index contributed by atoms with van der Waals surface area (Å²) in [6.07, 6.45) is 8.88. The van der Waals surface area contributed by atoms with Gasteiger partial charge in [0, 0.05) is 11.6 Å². The van der Waals surface area contributed by atoms with Crippen LogP contribution >= 0.6 is 12.4 Å². The Morgan fingerprint density at radius 2 is 1.38 bits per heavy atom. The molecular formula is C13H25ClN2. The van der Waals surface area contributed by atoms with E-state index in [9.17, 15) is 0 Å². The maximum Gasteiger partial charge on any atom is 0.0331 e. The molecule has 4 saturated carbocycles. The molecule has 4 aliphatic carbocycles. The summed E-state index contributed by atoms with van der Waals surface area (Å²) in [5.74, 6) is 3.12. The molecule has 0 radical (unpaired) electrons. The van der Waals surface area contributed by atoms with Crippen LogP contribution in [0.25, 0.3) is 0 Å². The van der Waals surface area contributed by atoms with Gasteiger partial charge in [-0.15, -0.1) is 12.4 Å². The van der Waals surface area contributed by atoms with Crippen LogP contribution in [-0.2, 0) is 0 Å². The second kappa shape index (κ2) is 4.47. The van der Waals surface area contributed by atoms with Crippen molar-refractivity contribution in [2.75, 3.05) is 0 Å². The lowest BCUT2D eigenvalue weighted by Gasteiger charge is -2.57. The van der Waals surface area contributed by atoms with Crippen molar-refractivity contribution >= 4 is 12.4 Å². The van der Waals surface area contributed by atoms with E-state index in [1.54, 1.807) is 0 Å². The van der Waals surface area contributed by atoms with Crippen molar-refractivity contribution in [3.8, 4) is 0 Å². The van der Waals surface area contributed by atoms with Crippen LogP contribution in [0.4, 0.5) is 0 Å². The third-order valence-electron chi connectivity index (χ3n) is 4.66. The maximum absolute atomic E-state index is 3.68. The average molecular weight is 245 g/mol. The largest absolute Gasteiger partial charge is 0.255 e. The Morgan fingerprint density at radius 3 is 1.75 bits per heavy atom. The van der Waals surface area contributed by atoms with Crippen molar-refractivity contribution in [2.24, 2.45) is 17.8 Å². The number of hydrazine groups is 1. The Bertz CT molecular complexity index is 217. The molecule has 16 heavy (non-hydrogen) atoms. The fourth-order valence-electron chi connectivity index (χ4n) is 4.56. The predicted molar refractivity (Wildman–Crippen MR) is 69.6 cm³/mol. The van der Waals surface area contributed by atoms with E-state index < -0.39 is 0 Å². The van der Waals surface area contributed by atoms with Gasteiger partial charge < -0.3 is 0 Å². The number of nitrogens with one attached hydrogen (secondary N) is 2. The van der Waals surface area contributed by atoms with Gasteiger partial charge in [0.1, 0.15) is 0 Å². The maximum atomic E-state index is 3.68. The first-order valence-electron chi connectivity index (χ1n) is 6.68. The zero-order chi connectivity index (χ0) is 10.5. The molecule has 0 saturated heterocycles. The van der Waals surface area contributed by atoms with Crippen molar-refractivity contribution in [3.05, 3.63) is 0 Å². The van der Waals surface area contributed by atoms with Gasteiger partial charge in [-0.25, -0.2) is 0 Å². The van der Waals surface area contributed by atoms with Gasteiger partial charge in [0.25, 0.3) is 0 Å². The average Bonchev–Trinajstić information content (AvgIpc) is 2.12. The molecule has 4 fully saturated rings. The molecule has 0 aliphatic heterocycles. The fourth-order valence-corrected chi connectivity index (χ4v) is 4.56. The van der Waals surface area contributed by atoms with E-state index in [0.717, 1.165) is 17.8 Å². The van der Waals surface area contributed by atoms with Gasteiger partial charge in [0.05, 0.1) is 0 Å². The Labute approximate surface area is 105 Å². The second-order valence-corrected chi connectivity index (χ2v) is 6.62. The van der Waals surface area contributed by atoms with E-state index in [2.05, 4.69) is 24.7 Å². The molecular weight excluding hydrogens is 220 g/mol. The minimum atomic E-state index is 0. The van der Waals surface area contributed by atoms with E-state index >= 15 is 0 Å². The van der Waals surface area contributed by atoms with Crippen molar-refractivity contribution < 1.29 is 0 Å². The third kappa shape index (κ3) is 2.25.